The van der Waals surface area contributed by atoms with Gasteiger partial charge in [0.1, 0.15) is 11.2 Å². The van der Waals surface area contributed by atoms with Crippen molar-refractivity contribution in [3.63, 3.8) is 0 Å². The van der Waals surface area contributed by atoms with Crippen LogP contribution < -0.4 is 14.4 Å². The van der Waals surface area contributed by atoms with Crippen LogP contribution in [0.2, 0.25) is 0 Å². The number of furan rings is 2. The number of hydrogen-bond acceptors (Lipinski definition) is 7. The second-order valence-electron chi connectivity index (χ2n) is 9.48. The molecule has 0 saturated carbocycles. The summed E-state index contributed by atoms with van der Waals surface area (Å²) in [7, 11) is 1.97. The molecule has 41 heavy (non-hydrogen) atoms. The summed E-state index contributed by atoms with van der Waals surface area (Å²) in [6.07, 6.45) is 5.62. The number of hydrogen-bond donors (Lipinski definition) is 0. The van der Waals surface area contributed by atoms with E-state index in [-0.39, 0.29) is 21.1 Å². The average Bonchev–Trinajstić information content (AvgIpc) is 3.68. The molecule has 0 N–H and O–H groups in total. The summed E-state index contributed by atoms with van der Waals surface area (Å²) in [6, 6.07) is 31.8. The van der Waals surface area contributed by atoms with Crippen LogP contribution in [-0.2, 0) is 21.1 Å². The third-order valence-electron chi connectivity index (χ3n) is 6.81. The summed E-state index contributed by atoms with van der Waals surface area (Å²) in [5.74, 6) is 1.71. The number of ether oxygens (including phenoxy) is 2. The van der Waals surface area contributed by atoms with Crippen LogP contribution in [0.5, 0.6) is 23.1 Å². The normalized spacial score (nSPS) is 13.0. The predicted molar refractivity (Wildman–Crippen MR) is 153 cm³/mol. The van der Waals surface area contributed by atoms with E-state index < -0.39 is 0 Å². The van der Waals surface area contributed by atoms with Gasteiger partial charge < -0.3 is 28.1 Å². The smallest absolute Gasteiger partial charge is 0.216 e. The second-order valence-corrected chi connectivity index (χ2v) is 9.48. The van der Waals surface area contributed by atoms with Gasteiger partial charge in [0.25, 0.3) is 0 Å². The van der Waals surface area contributed by atoms with Crippen LogP contribution in [0.1, 0.15) is 0 Å². The predicted octanol–water partition coefficient (Wildman–Crippen LogP) is 8.41. The van der Waals surface area contributed by atoms with Gasteiger partial charge in [-0.2, -0.15) is 6.67 Å². The largest absolute Gasteiger partial charge is 0.512 e. The Kier molecular flexibility index (Phi) is 6.17. The molecule has 4 heterocycles. The number of para-hydroxylation sites is 2. The SMILES string of the molecule is CN1C=CN(c2[c-]c(Oc3[c-]c(Oc4ccccn4)c4c(c3)oc3ccccc34)c3oc4ccccc4c3c2)[CH-]1.[Pt]. The van der Waals surface area contributed by atoms with Crippen molar-refractivity contribution in [1.29, 1.82) is 0 Å². The van der Waals surface area contributed by atoms with Crippen molar-refractivity contribution in [3.05, 3.63) is 116 Å². The van der Waals surface area contributed by atoms with Crippen LogP contribution in [0.4, 0.5) is 5.69 Å². The minimum atomic E-state index is 0. The fraction of sp³-hybridized carbons (Fsp3) is 0.0303. The number of aromatic nitrogens is 1. The first-order chi connectivity index (χ1) is 19.7. The van der Waals surface area contributed by atoms with Crippen LogP contribution in [0.3, 0.4) is 0 Å². The monoisotopic (exact) mass is 717 g/mol. The Labute approximate surface area is 249 Å². The first kappa shape index (κ1) is 25.2. The third-order valence-corrected chi connectivity index (χ3v) is 6.81. The van der Waals surface area contributed by atoms with Crippen molar-refractivity contribution in [3.8, 4) is 23.1 Å². The van der Waals surface area contributed by atoms with E-state index in [9.17, 15) is 0 Å². The van der Waals surface area contributed by atoms with Gasteiger partial charge in [0, 0.05) is 55.8 Å². The molecule has 0 unspecified atom stereocenters. The van der Waals surface area contributed by atoms with Crippen molar-refractivity contribution in [2.45, 2.75) is 0 Å². The number of benzene rings is 4. The zero-order valence-corrected chi connectivity index (χ0v) is 23.9. The molecule has 0 amide bonds. The number of pyridine rings is 1. The van der Waals surface area contributed by atoms with Gasteiger partial charge in [-0.25, -0.2) is 4.98 Å². The fourth-order valence-electron chi connectivity index (χ4n) is 5.01. The summed E-state index contributed by atoms with van der Waals surface area (Å²) in [5, 5.41) is 3.62. The minimum absolute atomic E-state index is 0. The summed E-state index contributed by atoms with van der Waals surface area (Å²) in [6.45, 7) is 1.97. The van der Waals surface area contributed by atoms with Gasteiger partial charge in [-0.15, -0.1) is 17.8 Å². The van der Waals surface area contributed by atoms with Crippen LogP contribution in [0.15, 0.2) is 106 Å². The molecular formula is C33H20N3O4Pt-3. The summed E-state index contributed by atoms with van der Waals surface area (Å²) in [5.41, 5.74) is 3.51. The third kappa shape index (κ3) is 4.39. The zero-order chi connectivity index (χ0) is 26.6. The van der Waals surface area contributed by atoms with E-state index in [1.165, 1.54) is 0 Å². The van der Waals surface area contributed by atoms with E-state index in [4.69, 9.17) is 18.3 Å². The maximum atomic E-state index is 6.49. The molecule has 3 aromatic heterocycles. The Morgan fingerprint density at radius 1 is 0.756 bits per heavy atom. The van der Waals surface area contributed by atoms with Gasteiger partial charge >= 0.3 is 0 Å². The van der Waals surface area contributed by atoms with Gasteiger partial charge in [-0.1, -0.05) is 60.0 Å². The number of rotatable bonds is 5. The Bertz CT molecular complexity index is 2080. The van der Waals surface area contributed by atoms with Crippen LogP contribution in [0, 0.1) is 18.8 Å². The first-order valence-corrected chi connectivity index (χ1v) is 12.7. The van der Waals surface area contributed by atoms with Crippen molar-refractivity contribution >= 4 is 49.6 Å². The Hall–Kier alpha value is -4.74. The second kappa shape index (κ2) is 10.0. The molecule has 0 aliphatic carbocycles. The van der Waals surface area contributed by atoms with E-state index in [0.717, 1.165) is 38.4 Å². The van der Waals surface area contributed by atoms with Crippen LogP contribution >= 0.6 is 0 Å². The molecule has 1 aliphatic heterocycles. The van der Waals surface area contributed by atoms with Gasteiger partial charge in [-0.3, -0.25) is 0 Å². The zero-order valence-electron chi connectivity index (χ0n) is 21.6. The van der Waals surface area contributed by atoms with Crippen LogP contribution in [-0.4, -0.2) is 16.9 Å². The Morgan fingerprint density at radius 2 is 1.54 bits per heavy atom. The fourth-order valence-corrected chi connectivity index (χ4v) is 5.01. The molecule has 1 aliphatic rings. The summed E-state index contributed by atoms with van der Waals surface area (Å²) in [4.78, 5) is 8.28. The maximum Gasteiger partial charge on any atom is 0.216 e. The average molecular weight is 718 g/mol. The van der Waals surface area contributed by atoms with Crippen molar-refractivity contribution in [2.75, 3.05) is 11.9 Å². The van der Waals surface area contributed by atoms with Gasteiger partial charge in [0.15, 0.2) is 0 Å². The molecule has 8 heteroatoms. The van der Waals surface area contributed by atoms with Crippen LogP contribution in [0.25, 0.3) is 43.9 Å². The first-order valence-electron chi connectivity index (χ1n) is 12.7. The molecule has 4 aromatic carbocycles. The molecule has 0 spiro atoms. The molecule has 0 fully saturated rings. The van der Waals surface area contributed by atoms with E-state index in [1.54, 1.807) is 12.3 Å². The van der Waals surface area contributed by atoms with Crippen molar-refractivity contribution < 1.29 is 39.4 Å². The molecule has 0 radical (unpaired) electrons. The quantitative estimate of drug-likeness (QED) is 0.166. The summed E-state index contributed by atoms with van der Waals surface area (Å²) >= 11 is 0. The number of nitrogens with zero attached hydrogens (tertiary/aromatic N) is 3. The van der Waals surface area contributed by atoms with Gasteiger partial charge in [0.2, 0.25) is 5.88 Å². The maximum absolute atomic E-state index is 6.49. The molecule has 8 rings (SSSR count). The van der Waals surface area contributed by atoms with Crippen molar-refractivity contribution in [2.24, 2.45) is 0 Å². The van der Waals surface area contributed by atoms with Crippen molar-refractivity contribution in [1.82, 2.24) is 9.88 Å². The van der Waals surface area contributed by atoms with E-state index in [1.807, 2.05) is 103 Å². The molecular weight excluding hydrogens is 697 g/mol. The Balaban J connectivity index is 0.00000276. The molecule has 7 aromatic rings. The van der Waals surface area contributed by atoms with E-state index in [0.29, 0.717) is 34.3 Å². The summed E-state index contributed by atoms with van der Waals surface area (Å²) < 4.78 is 25.2. The van der Waals surface area contributed by atoms with Gasteiger partial charge in [-0.05, 0) is 48.4 Å². The molecule has 0 bridgehead atoms. The molecule has 0 saturated heterocycles. The molecule has 0 atom stereocenters. The number of anilines is 1. The number of fused-ring (bicyclic) bond motifs is 6. The standard InChI is InChI=1S/C33H20N3O4.Pt/c1-35-14-15-36(20-35)21-16-25-23-8-2-4-10-26(23)40-33(25)30(17-21)37-22-18-28-32(24-9-3-5-11-27(24)38-28)29(19-22)39-31-12-6-7-13-34-31;/h2-16,18,20H,1H3;/q-3;. The van der Waals surface area contributed by atoms with E-state index >= 15 is 0 Å². The molecule has 204 valence electrons. The minimum Gasteiger partial charge on any atom is -0.512 e. The van der Waals surface area contributed by atoms with Gasteiger partial charge in [0.05, 0.1) is 11.3 Å². The Morgan fingerprint density at radius 3 is 2.32 bits per heavy atom. The topological polar surface area (TPSA) is 64.1 Å². The molecule has 7 nitrogen and oxygen atoms in total. The van der Waals surface area contributed by atoms with E-state index in [2.05, 4.69) is 23.2 Å².